The van der Waals surface area contributed by atoms with Crippen molar-refractivity contribution >= 4 is 49.4 Å². The van der Waals surface area contributed by atoms with Gasteiger partial charge in [-0.1, -0.05) is 13.8 Å². The van der Waals surface area contributed by atoms with Gasteiger partial charge in [0.25, 0.3) is 10.0 Å². The summed E-state index contributed by atoms with van der Waals surface area (Å²) in [6, 6.07) is 10.2. The van der Waals surface area contributed by atoms with E-state index < -0.39 is 10.0 Å². The topological polar surface area (TPSA) is 89.4 Å². The molecule has 0 amide bonds. The Bertz CT molecular complexity index is 1360. The van der Waals surface area contributed by atoms with Gasteiger partial charge in [0, 0.05) is 24.7 Å². The average molecular weight is 474 g/mol. The van der Waals surface area contributed by atoms with Crippen LogP contribution in [0.2, 0.25) is 0 Å². The number of benzene rings is 2. The predicted molar refractivity (Wildman–Crippen MR) is 129 cm³/mol. The van der Waals surface area contributed by atoms with Crippen LogP contribution in [0.3, 0.4) is 0 Å². The lowest BCUT2D eigenvalue weighted by Crippen LogP contribution is -2.27. The maximum Gasteiger partial charge on any atom is 0.261 e. The van der Waals surface area contributed by atoms with Crippen LogP contribution in [0.5, 0.6) is 5.75 Å². The standard InChI is InChI=1S/C22H27N5O3S2/c1-5-27(6-2)11-12-30-22-15(3)26(4)21-10-7-16(13-18(21)22)25-32(28,29)17-8-9-19-20(14-17)24-31-23-19/h7-10,13-14,25H,5-6,11-12H2,1-4H3. The highest BCUT2D eigenvalue weighted by atomic mass is 32.2. The van der Waals surface area contributed by atoms with E-state index >= 15 is 0 Å². The minimum absolute atomic E-state index is 0.151. The molecule has 0 saturated carbocycles. The van der Waals surface area contributed by atoms with Gasteiger partial charge in [-0.05, 0) is 56.4 Å². The molecule has 0 spiro atoms. The predicted octanol–water partition coefficient (Wildman–Crippen LogP) is 4.01. The van der Waals surface area contributed by atoms with Crippen LogP contribution in [-0.4, -0.2) is 52.9 Å². The van der Waals surface area contributed by atoms with Crippen molar-refractivity contribution in [2.75, 3.05) is 31.0 Å². The molecular weight excluding hydrogens is 446 g/mol. The highest BCUT2D eigenvalue weighted by Gasteiger charge is 2.19. The lowest BCUT2D eigenvalue weighted by molar-refractivity contribution is 0.223. The van der Waals surface area contributed by atoms with Gasteiger partial charge in [0.2, 0.25) is 0 Å². The fraction of sp³-hybridized carbons (Fsp3) is 0.364. The second kappa shape index (κ2) is 9.05. The van der Waals surface area contributed by atoms with Crippen molar-refractivity contribution in [1.29, 1.82) is 0 Å². The lowest BCUT2D eigenvalue weighted by atomic mass is 10.2. The molecule has 170 valence electrons. The van der Waals surface area contributed by atoms with E-state index in [9.17, 15) is 8.42 Å². The molecule has 4 aromatic rings. The van der Waals surface area contributed by atoms with Crippen LogP contribution >= 0.6 is 11.7 Å². The zero-order valence-electron chi connectivity index (χ0n) is 18.6. The van der Waals surface area contributed by atoms with Crippen molar-refractivity contribution in [2.24, 2.45) is 7.05 Å². The molecule has 0 aliphatic rings. The SMILES string of the molecule is CCN(CC)CCOc1c(C)n(C)c2ccc(NS(=O)(=O)c3ccc4nsnc4c3)cc12. The fourth-order valence-electron chi connectivity index (χ4n) is 3.74. The highest BCUT2D eigenvalue weighted by Crippen LogP contribution is 2.34. The molecule has 0 fully saturated rings. The molecule has 10 heteroatoms. The first-order valence-electron chi connectivity index (χ1n) is 10.5. The van der Waals surface area contributed by atoms with Crippen LogP contribution in [0, 0.1) is 6.92 Å². The van der Waals surface area contributed by atoms with Gasteiger partial charge in [-0.3, -0.25) is 4.72 Å². The summed E-state index contributed by atoms with van der Waals surface area (Å²) < 4.78 is 45.1. The van der Waals surface area contributed by atoms with Crippen LogP contribution in [0.15, 0.2) is 41.3 Å². The number of ether oxygens (including phenoxy) is 1. The maximum absolute atomic E-state index is 13.0. The molecule has 32 heavy (non-hydrogen) atoms. The first kappa shape index (κ1) is 22.5. The number of hydrogen-bond donors (Lipinski definition) is 1. The van der Waals surface area contributed by atoms with Crippen molar-refractivity contribution in [3.05, 3.63) is 42.1 Å². The molecule has 2 heterocycles. The molecule has 0 aliphatic carbocycles. The molecule has 8 nitrogen and oxygen atoms in total. The molecular formula is C22H27N5O3S2. The Morgan fingerprint density at radius 1 is 1.09 bits per heavy atom. The van der Waals surface area contributed by atoms with Crippen molar-refractivity contribution in [2.45, 2.75) is 25.7 Å². The van der Waals surface area contributed by atoms with Gasteiger partial charge in [-0.15, -0.1) is 0 Å². The summed E-state index contributed by atoms with van der Waals surface area (Å²) in [5.41, 5.74) is 3.71. The van der Waals surface area contributed by atoms with Gasteiger partial charge in [0.05, 0.1) is 27.8 Å². The monoisotopic (exact) mass is 473 g/mol. The van der Waals surface area contributed by atoms with E-state index in [-0.39, 0.29) is 4.90 Å². The van der Waals surface area contributed by atoms with Crippen LogP contribution in [-0.2, 0) is 17.1 Å². The molecule has 0 radical (unpaired) electrons. The van der Waals surface area contributed by atoms with Crippen molar-refractivity contribution in [1.82, 2.24) is 18.2 Å². The number of aryl methyl sites for hydroxylation is 1. The van der Waals surface area contributed by atoms with Gasteiger partial charge >= 0.3 is 0 Å². The number of aromatic nitrogens is 3. The third-order valence-electron chi connectivity index (χ3n) is 5.77. The fourth-order valence-corrected chi connectivity index (χ4v) is 5.33. The molecule has 0 saturated heterocycles. The molecule has 0 bridgehead atoms. The molecule has 2 aromatic heterocycles. The van der Waals surface area contributed by atoms with E-state index in [1.165, 1.54) is 6.07 Å². The number of fused-ring (bicyclic) bond motifs is 2. The Kier molecular flexibility index (Phi) is 6.36. The minimum Gasteiger partial charge on any atom is -0.490 e. The van der Waals surface area contributed by atoms with Crippen LogP contribution < -0.4 is 9.46 Å². The highest BCUT2D eigenvalue weighted by molar-refractivity contribution is 7.92. The quantitative estimate of drug-likeness (QED) is 0.395. The van der Waals surface area contributed by atoms with Crippen molar-refractivity contribution in [3.8, 4) is 5.75 Å². The van der Waals surface area contributed by atoms with Gasteiger partial charge in [0.15, 0.2) is 0 Å². The number of anilines is 1. The number of nitrogens with zero attached hydrogens (tertiary/aromatic N) is 4. The van der Waals surface area contributed by atoms with E-state index in [4.69, 9.17) is 4.74 Å². The second-order valence-corrected chi connectivity index (χ2v) is 9.81. The summed E-state index contributed by atoms with van der Waals surface area (Å²) in [5, 5.41) is 0.879. The molecule has 0 unspecified atom stereocenters. The van der Waals surface area contributed by atoms with E-state index in [0.29, 0.717) is 23.3 Å². The van der Waals surface area contributed by atoms with E-state index in [2.05, 4.69) is 36.8 Å². The number of sulfonamides is 1. The summed E-state index contributed by atoms with van der Waals surface area (Å²) in [6.07, 6.45) is 0. The van der Waals surface area contributed by atoms with E-state index in [0.717, 1.165) is 53.7 Å². The first-order valence-corrected chi connectivity index (χ1v) is 12.7. The van der Waals surface area contributed by atoms with Gasteiger partial charge < -0.3 is 14.2 Å². The third kappa shape index (κ3) is 4.30. The zero-order valence-corrected chi connectivity index (χ0v) is 20.3. The van der Waals surface area contributed by atoms with Crippen LogP contribution in [0.25, 0.3) is 21.9 Å². The van der Waals surface area contributed by atoms with Gasteiger partial charge in [-0.25, -0.2) is 8.42 Å². The minimum atomic E-state index is -3.77. The number of rotatable bonds is 9. The molecule has 0 aliphatic heterocycles. The second-order valence-electron chi connectivity index (χ2n) is 7.60. The average Bonchev–Trinajstić information content (AvgIpc) is 3.34. The number of hydrogen-bond acceptors (Lipinski definition) is 7. The van der Waals surface area contributed by atoms with Crippen molar-refractivity contribution in [3.63, 3.8) is 0 Å². The zero-order chi connectivity index (χ0) is 22.9. The summed E-state index contributed by atoms with van der Waals surface area (Å²) in [6.45, 7) is 9.63. The van der Waals surface area contributed by atoms with Gasteiger partial charge in [0.1, 0.15) is 23.4 Å². The summed E-state index contributed by atoms with van der Waals surface area (Å²) in [5.74, 6) is 0.783. The van der Waals surface area contributed by atoms with E-state index in [1.807, 2.05) is 26.1 Å². The lowest BCUT2D eigenvalue weighted by Gasteiger charge is -2.18. The largest absolute Gasteiger partial charge is 0.490 e. The van der Waals surface area contributed by atoms with E-state index in [1.54, 1.807) is 18.2 Å². The molecule has 4 rings (SSSR count). The Balaban J connectivity index is 1.62. The molecule has 0 atom stereocenters. The Morgan fingerprint density at radius 2 is 1.84 bits per heavy atom. The summed E-state index contributed by atoms with van der Waals surface area (Å²) in [7, 11) is -1.79. The Labute approximate surface area is 192 Å². The number of nitrogens with one attached hydrogen (secondary N) is 1. The summed E-state index contributed by atoms with van der Waals surface area (Å²) >= 11 is 1.06. The smallest absolute Gasteiger partial charge is 0.261 e. The van der Waals surface area contributed by atoms with Crippen LogP contribution in [0.1, 0.15) is 19.5 Å². The summed E-state index contributed by atoms with van der Waals surface area (Å²) in [4.78, 5) is 2.45. The molecule has 1 N–H and O–H groups in total. The molecule has 2 aromatic carbocycles. The normalized spacial score (nSPS) is 12.2. The Hall–Kier alpha value is -2.69. The van der Waals surface area contributed by atoms with Crippen LogP contribution in [0.4, 0.5) is 5.69 Å². The first-order chi connectivity index (χ1) is 15.3. The third-order valence-corrected chi connectivity index (χ3v) is 7.71. The number of likely N-dealkylation sites (N-methyl/N-ethyl adjacent to an activating group) is 1. The van der Waals surface area contributed by atoms with Crippen molar-refractivity contribution < 1.29 is 13.2 Å². The maximum atomic E-state index is 13.0. The Morgan fingerprint density at radius 3 is 2.59 bits per heavy atom. The van der Waals surface area contributed by atoms with Gasteiger partial charge in [-0.2, -0.15) is 8.75 Å².